The minimum Gasteiger partial charge on any atom is -0.399 e. The van der Waals surface area contributed by atoms with E-state index >= 15 is 0 Å². The molecule has 16 heavy (non-hydrogen) atoms. The maximum Gasteiger partial charge on any atom is 0.0587 e. The Labute approximate surface area is 105 Å². The highest BCUT2D eigenvalue weighted by atomic mass is 35.5. The SMILES string of the molecule is CCC(CC)CS(=O)c1ccc(N)cc1Cl. The number of hydrogen-bond acceptors (Lipinski definition) is 2. The van der Waals surface area contributed by atoms with Crippen molar-refractivity contribution in [2.45, 2.75) is 31.6 Å². The molecule has 2 nitrogen and oxygen atoms in total. The van der Waals surface area contributed by atoms with E-state index in [0.717, 1.165) is 12.8 Å². The fourth-order valence-electron chi connectivity index (χ4n) is 1.53. The summed E-state index contributed by atoms with van der Waals surface area (Å²) in [7, 11) is -1.02. The number of anilines is 1. The maximum absolute atomic E-state index is 12.1. The van der Waals surface area contributed by atoms with Crippen molar-refractivity contribution in [2.75, 3.05) is 11.5 Å². The Bertz CT molecular complexity index is 377. The number of benzene rings is 1. The van der Waals surface area contributed by atoms with Crippen LogP contribution < -0.4 is 5.73 Å². The lowest BCUT2D eigenvalue weighted by atomic mass is 10.1. The van der Waals surface area contributed by atoms with Crippen LogP contribution in [0.1, 0.15) is 26.7 Å². The average Bonchev–Trinajstić information content (AvgIpc) is 2.25. The largest absolute Gasteiger partial charge is 0.399 e. The first-order chi connectivity index (χ1) is 7.58. The molecule has 0 aliphatic heterocycles. The maximum atomic E-state index is 12.1. The standard InChI is InChI=1S/C12H18ClNOS/c1-3-9(4-2)8-16(15)12-6-5-10(14)7-11(12)13/h5-7,9H,3-4,8,14H2,1-2H3. The summed E-state index contributed by atoms with van der Waals surface area (Å²) in [5.41, 5.74) is 6.20. The molecule has 0 fully saturated rings. The fourth-order valence-corrected chi connectivity index (χ4v) is 3.55. The van der Waals surface area contributed by atoms with Gasteiger partial charge in [-0.05, 0) is 24.1 Å². The molecule has 1 unspecified atom stereocenters. The second kappa shape index (κ2) is 6.26. The first-order valence-corrected chi connectivity index (χ1v) is 7.21. The van der Waals surface area contributed by atoms with E-state index in [1.165, 1.54) is 0 Å². The lowest BCUT2D eigenvalue weighted by molar-refractivity contribution is 0.545. The monoisotopic (exact) mass is 259 g/mol. The number of nitrogen functional groups attached to an aromatic ring is 1. The van der Waals surface area contributed by atoms with Gasteiger partial charge in [0, 0.05) is 11.4 Å². The second-order valence-electron chi connectivity index (χ2n) is 3.88. The van der Waals surface area contributed by atoms with Gasteiger partial charge in [0.25, 0.3) is 0 Å². The van der Waals surface area contributed by atoms with Gasteiger partial charge >= 0.3 is 0 Å². The molecule has 1 atom stereocenters. The van der Waals surface area contributed by atoms with Gasteiger partial charge in [-0.25, -0.2) is 0 Å². The highest BCUT2D eigenvalue weighted by Crippen LogP contribution is 2.24. The zero-order chi connectivity index (χ0) is 12.1. The molecule has 0 saturated heterocycles. The van der Waals surface area contributed by atoms with Crippen molar-refractivity contribution in [1.29, 1.82) is 0 Å². The van der Waals surface area contributed by atoms with Gasteiger partial charge in [0.2, 0.25) is 0 Å². The van der Waals surface area contributed by atoms with Gasteiger partial charge in [-0.15, -0.1) is 0 Å². The Balaban J connectivity index is 2.80. The quantitative estimate of drug-likeness (QED) is 0.823. The molecule has 0 aliphatic carbocycles. The van der Waals surface area contributed by atoms with Gasteiger partial charge in [-0.1, -0.05) is 38.3 Å². The van der Waals surface area contributed by atoms with Crippen molar-refractivity contribution in [2.24, 2.45) is 5.92 Å². The van der Waals surface area contributed by atoms with Crippen molar-refractivity contribution in [3.05, 3.63) is 23.2 Å². The molecule has 1 rings (SSSR count). The molecule has 0 heterocycles. The average molecular weight is 260 g/mol. The van der Waals surface area contributed by atoms with E-state index < -0.39 is 10.8 Å². The zero-order valence-corrected chi connectivity index (χ0v) is 11.3. The van der Waals surface area contributed by atoms with E-state index in [-0.39, 0.29) is 0 Å². The Morgan fingerprint density at radius 2 is 2.00 bits per heavy atom. The smallest absolute Gasteiger partial charge is 0.0587 e. The van der Waals surface area contributed by atoms with Crippen molar-refractivity contribution in [3.63, 3.8) is 0 Å². The van der Waals surface area contributed by atoms with E-state index in [2.05, 4.69) is 13.8 Å². The van der Waals surface area contributed by atoms with Gasteiger partial charge < -0.3 is 5.73 Å². The van der Waals surface area contributed by atoms with Crippen LogP contribution in [0.4, 0.5) is 5.69 Å². The predicted octanol–water partition coefficient (Wildman–Crippen LogP) is 3.47. The van der Waals surface area contributed by atoms with Crippen LogP contribution in [0.15, 0.2) is 23.1 Å². The van der Waals surface area contributed by atoms with Gasteiger partial charge in [-0.2, -0.15) is 0 Å². The molecule has 2 N–H and O–H groups in total. The number of rotatable bonds is 5. The molecule has 0 radical (unpaired) electrons. The second-order valence-corrected chi connectivity index (χ2v) is 5.76. The number of nitrogens with two attached hydrogens (primary N) is 1. The molecule has 90 valence electrons. The van der Waals surface area contributed by atoms with Crippen LogP contribution in [0.3, 0.4) is 0 Å². The van der Waals surface area contributed by atoms with Gasteiger partial charge in [0.05, 0.1) is 20.7 Å². The summed E-state index contributed by atoms with van der Waals surface area (Å²) < 4.78 is 12.1. The van der Waals surface area contributed by atoms with E-state index in [1.54, 1.807) is 18.2 Å². The first kappa shape index (κ1) is 13.5. The van der Waals surface area contributed by atoms with Gasteiger partial charge in [-0.3, -0.25) is 4.21 Å². The van der Waals surface area contributed by atoms with Crippen LogP contribution in [-0.4, -0.2) is 9.96 Å². The summed E-state index contributed by atoms with van der Waals surface area (Å²) in [5.74, 6) is 1.17. The Hall–Kier alpha value is -0.540. The molecule has 0 aliphatic rings. The van der Waals surface area contributed by atoms with E-state index in [0.29, 0.717) is 27.3 Å². The van der Waals surface area contributed by atoms with Gasteiger partial charge in [0.15, 0.2) is 0 Å². The Morgan fingerprint density at radius 1 is 1.38 bits per heavy atom. The van der Waals surface area contributed by atoms with Crippen LogP contribution >= 0.6 is 11.6 Å². The Morgan fingerprint density at radius 3 is 2.50 bits per heavy atom. The molecule has 1 aromatic carbocycles. The van der Waals surface area contributed by atoms with E-state index in [1.807, 2.05) is 0 Å². The van der Waals surface area contributed by atoms with Crippen LogP contribution in [0, 0.1) is 5.92 Å². The third kappa shape index (κ3) is 3.49. The van der Waals surface area contributed by atoms with Crippen molar-refractivity contribution < 1.29 is 4.21 Å². The van der Waals surface area contributed by atoms with Crippen molar-refractivity contribution in [1.82, 2.24) is 0 Å². The minimum atomic E-state index is -1.02. The molecule has 0 saturated carbocycles. The molecule has 0 bridgehead atoms. The van der Waals surface area contributed by atoms with Crippen molar-refractivity contribution >= 4 is 28.1 Å². The highest BCUT2D eigenvalue weighted by Gasteiger charge is 2.13. The number of halogens is 1. The molecule has 4 heteroatoms. The third-order valence-corrected chi connectivity index (χ3v) is 4.79. The van der Waals surface area contributed by atoms with E-state index in [9.17, 15) is 4.21 Å². The van der Waals surface area contributed by atoms with Crippen LogP contribution in [0.5, 0.6) is 0 Å². The molecule has 0 aromatic heterocycles. The summed E-state index contributed by atoms with van der Waals surface area (Å²) in [5, 5.41) is 0.504. The van der Waals surface area contributed by atoms with Crippen LogP contribution in [-0.2, 0) is 10.8 Å². The number of hydrogen-bond donors (Lipinski definition) is 1. The molecular formula is C12H18ClNOS. The van der Waals surface area contributed by atoms with Gasteiger partial charge in [0.1, 0.15) is 0 Å². The first-order valence-electron chi connectivity index (χ1n) is 5.51. The Kier molecular flexibility index (Phi) is 5.29. The lowest BCUT2D eigenvalue weighted by Gasteiger charge is -2.12. The van der Waals surface area contributed by atoms with Crippen LogP contribution in [0.25, 0.3) is 0 Å². The highest BCUT2D eigenvalue weighted by molar-refractivity contribution is 7.85. The predicted molar refractivity (Wildman–Crippen MR) is 71.2 cm³/mol. The lowest BCUT2D eigenvalue weighted by Crippen LogP contribution is -2.10. The van der Waals surface area contributed by atoms with Crippen molar-refractivity contribution in [3.8, 4) is 0 Å². The minimum absolute atomic E-state index is 0.495. The molecule has 1 aromatic rings. The zero-order valence-electron chi connectivity index (χ0n) is 9.70. The van der Waals surface area contributed by atoms with Crippen LogP contribution in [0.2, 0.25) is 5.02 Å². The normalized spacial score (nSPS) is 13.0. The summed E-state index contributed by atoms with van der Waals surface area (Å²) in [6.45, 7) is 4.24. The summed E-state index contributed by atoms with van der Waals surface area (Å²) in [6.07, 6.45) is 2.10. The summed E-state index contributed by atoms with van der Waals surface area (Å²) >= 11 is 6.02. The topological polar surface area (TPSA) is 43.1 Å². The summed E-state index contributed by atoms with van der Waals surface area (Å²) in [4.78, 5) is 0.697. The molecule has 0 spiro atoms. The molecule has 0 amide bonds. The molecular weight excluding hydrogens is 242 g/mol. The summed E-state index contributed by atoms with van der Waals surface area (Å²) in [6, 6.07) is 5.16. The van der Waals surface area contributed by atoms with E-state index in [4.69, 9.17) is 17.3 Å². The fraction of sp³-hybridized carbons (Fsp3) is 0.500. The third-order valence-electron chi connectivity index (χ3n) is 2.74.